The first kappa shape index (κ1) is 22.7. The first-order valence-corrected chi connectivity index (χ1v) is 9.98. The number of aryl methyl sites for hydroxylation is 1. The van der Waals surface area contributed by atoms with Crippen LogP contribution in [0.5, 0.6) is 11.5 Å². The van der Waals surface area contributed by atoms with E-state index in [9.17, 15) is 14.7 Å². The van der Waals surface area contributed by atoms with E-state index in [0.29, 0.717) is 5.75 Å². The number of rotatable bonds is 7. The third-order valence-electron chi connectivity index (χ3n) is 5.29. The third-order valence-corrected chi connectivity index (χ3v) is 5.58. The fourth-order valence-electron chi connectivity index (χ4n) is 3.71. The van der Waals surface area contributed by atoms with Crippen molar-refractivity contribution in [3.63, 3.8) is 0 Å². The zero-order valence-corrected chi connectivity index (χ0v) is 18.5. The van der Waals surface area contributed by atoms with Crippen molar-refractivity contribution in [2.24, 2.45) is 0 Å². The topological polar surface area (TPSA) is 85.3 Å². The molecule has 3 rings (SSSR count). The van der Waals surface area contributed by atoms with Crippen LogP contribution in [0.3, 0.4) is 0 Å². The molecule has 1 atom stereocenters. The molecule has 8 heteroatoms. The van der Waals surface area contributed by atoms with Crippen molar-refractivity contribution in [3.05, 3.63) is 63.7 Å². The van der Waals surface area contributed by atoms with Gasteiger partial charge in [0.15, 0.2) is 0 Å². The second kappa shape index (κ2) is 9.41. The molecule has 1 heterocycles. The lowest BCUT2D eigenvalue weighted by molar-refractivity contribution is -0.140. The number of halogens is 1. The van der Waals surface area contributed by atoms with Crippen LogP contribution < -0.4 is 9.47 Å². The molecule has 1 amide bonds. The summed E-state index contributed by atoms with van der Waals surface area (Å²) in [6, 6.07) is 9.60. The molecule has 2 aromatic carbocycles. The van der Waals surface area contributed by atoms with Crippen LogP contribution in [0, 0.1) is 6.92 Å². The highest BCUT2D eigenvalue weighted by Gasteiger charge is 2.46. The number of methoxy groups -OCH3 is 3. The zero-order chi connectivity index (χ0) is 22.7. The molecule has 7 nitrogen and oxygen atoms in total. The number of carbonyl (C=O) groups excluding carboxylic acids is 2. The molecule has 1 aliphatic heterocycles. The number of amides is 1. The van der Waals surface area contributed by atoms with E-state index in [1.165, 1.54) is 38.4 Å². The molecule has 1 fully saturated rings. The largest absolute Gasteiger partial charge is 0.507 e. The SMILES string of the molecule is COCCN1C(=O)C(=O)/C(=C(/O)c2cc(Cl)c(OC)cc2OC)C1c1ccccc1C. The van der Waals surface area contributed by atoms with Crippen molar-refractivity contribution in [2.45, 2.75) is 13.0 Å². The number of hydrogen-bond donors (Lipinski definition) is 1. The van der Waals surface area contributed by atoms with Crippen LogP contribution >= 0.6 is 11.6 Å². The lowest BCUT2D eigenvalue weighted by Crippen LogP contribution is -2.32. The number of benzene rings is 2. The van der Waals surface area contributed by atoms with Crippen molar-refractivity contribution < 1.29 is 28.9 Å². The summed E-state index contributed by atoms with van der Waals surface area (Å²) in [4.78, 5) is 27.3. The standard InChI is InChI=1S/C23H24ClNO6/c1-13-7-5-6-8-14(13)20-19(22(27)23(28)25(20)9-10-29-2)21(26)15-11-16(24)18(31-4)12-17(15)30-3/h5-8,11-12,20,26H,9-10H2,1-4H3/b21-19+. The monoisotopic (exact) mass is 445 g/mol. The number of hydrogen-bond acceptors (Lipinski definition) is 6. The van der Waals surface area contributed by atoms with E-state index in [0.717, 1.165) is 11.1 Å². The first-order valence-electron chi connectivity index (χ1n) is 9.60. The molecule has 1 saturated heterocycles. The van der Waals surface area contributed by atoms with Crippen molar-refractivity contribution >= 4 is 29.1 Å². The molecule has 0 radical (unpaired) electrons. The maximum absolute atomic E-state index is 13.0. The summed E-state index contributed by atoms with van der Waals surface area (Å²) in [5, 5.41) is 11.5. The molecule has 0 aliphatic carbocycles. The Morgan fingerprint density at radius 3 is 2.39 bits per heavy atom. The quantitative estimate of drug-likeness (QED) is 0.397. The van der Waals surface area contributed by atoms with Crippen LogP contribution in [0.2, 0.25) is 5.02 Å². The van der Waals surface area contributed by atoms with Gasteiger partial charge in [0.05, 0.1) is 43.0 Å². The Hall–Kier alpha value is -3.03. The van der Waals surface area contributed by atoms with Crippen LogP contribution in [0.15, 0.2) is 42.0 Å². The van der Waals surface area contributed by atoms with Gasteiger partial charge < -0.3 is 24.2 Å². The highest BCUT2D eigenvalue weighted by atomic mass is 35.5. The summed E-state index contributed by atoms with van der Waals surface area (Å²) in [5.41, 5.74) is 1.77. The predicted octanol–water partition coefficient (Wildman–Crippen LogP) is 3.73. The zero-order valence-electron chi connectivity index (χ0n) is 17.8. The summed E-state index contributed by atoms with van der Waals surface area (Å²) in [7, 11) is 4.40. The van der Waals surface area contributed by atoms with Crippen LogP contribution in [0.4, 0.5) is 0 Å². The minimum absolute atomic E-state index is 0.0325. The number of carbonyl (C=O) groups is 2. The van der Waals surface area contributed by atoms with Crippen molar-refractivity contribution in [1.82, 2.24) is 4.90 Å². The van der Waals surface area contributed by atoms with Gasteiger partial charge in [-0.15, -0.1) is 0 Å². The average molecular weight is 446 g/mol. The fraction of sp³-hybridized carbons (Fsp3) is 0.304. The molecule has 1 N–H and O–H groups in total. The van der Waals surface area contributed by atoms with Crippen molar-refractivity contribution in [3.8, 4) is 11.5 Å². The van der Waals surface area contributed by atoms with E-state index in [-0.39, 0.29) is 40.8 Å². The third kappa shape index (κ3) is 4.11. The maximum atomic E-state index is 13.0. The Morgan fingerprint density at radius 2 is 1.77 bits per heavy atom. The Bertz CT molecular complexity index is 1050. The molecule has 2 aromatic rings. The van der Waals surface area contributed by atoms with E-state index in [1.54, 1.807) is 0 Å². The van der Waals surface area contributed by atoms with Gasteiger partial charge in [0.25, 0.3) is 11.7 Å². The van der Waals surface area contributed by atoms with Gasteiger partial charge in [-0.1, -0.05) is 35.9 Å². The van der Waals surface area contributed by atoms with Crippen LogP contribution in [0.1, 0.15) is 22.7 Å². The van der Waals surface area contributed by atoms with Crippen LogP contribution in [-0.2, 0) is 14.3 Å². The normalized spacial score (nSPS) is 17.8. The molecule has 1 aliphatic rings. The highest BCUT2D eigenvalue weighted by molar-refractivity contribution is 6.46. The Kier molecular flexibility index (Phi) is 6.87. The Balaban J connectivity index is 2.26. The van der Waals surface area contributed by atoms with Gasteiger partial charge >= 0.3 is 0 Å². The van der Waals surface area contributed by atoms with Gasteiger partial charge in [-0.2, -0.15) is 0 Å². The van der Waals surface area contributed by atoms with E-state index in [1.807, 2.05) is 31.2 Å². The lowest BCUT2D eigenvalue weighted by Gasteiger charge is -2.26. The Morgan fingerprint density at radius 1 is 1.10 bits per heavy atom. The van der Waals surface area contributed by atoms with Gasteiger partial charge in [-0.3, -0.25) is 9.59 Å². The number of nitrogens with zero attached hydrogens (tertiary/aromatic N) is 1. The summed E-state index contributed by atoms with van der Waals surface area (Å²) >= 11 is 6.26. The number of aliphatic hydroxyl groups is 1. The van der Waals surface area contributed by atoms with E-state index >= 15 is 0 Å². The smallest absolute Gasteiger partial charge is 0.295 e. The number of Topliss-reactive ketones (excluding diaryl/α,β-unsaturated/α-hetero) is 1. The van der Waals surface area contributed by atoms with Gasteiger partial charge in [0.1, 0.15) is 17.3 Å². The molecule has 0 aromatic heterocycles. The van der Waals surface area contributed by atoms with Crippen LogP contribution in [-0.4, -0.2) is 56.2 Å². The summed E-state index contributed by atoms with van der Waals surface area (Å²) < 4.78 is 15.7. The van der Waals surface area contributed by atoms with Crippen molar-refractivity contribution in [2.75, 3.05) is 34.5 Å². The number of aliphatic hydroxyl groups excluding tert-OH is 1. The number of ketones is 1. The average Bonchev–Trinajstić information content (AvgIpc) is 3.01. The molecule has 164 valence electrons. The second-order valence-electron chi connectivity index (χ2n) is 7.03. The molecule has 0 spiro atoms. The van der Waals surface area contributed by atoms with Gasteiger partial charge in [-0.25, -0.2) is 0 Å². The maximum Gasteiger partial charge on any atom is 0.295 e. The Labute approximate surface area is 185 Å². The first-order chi connectivity index (χ1) is 14.8. The lowest BCUT2D eigenvalue weighted by atomic mass is 9.92. The highest BCUT2D eigenvalue weighted by Crippen LogP contribution is 2.43. The molecular weight excluding hydrogens is 422 g/mol. The summed E-state index contributed by atoms with van der Waals surface area (Å²) in [5.74, 6) is -1.24. The second-order valence-corrected chi connectivity index (χ2v) is 7.44. The van der Waals surface area contributed by atoms with Crippen molar-refractivity contribution in [1.29, 1.82) is 0 Å². The minimum atomic E-state index is -0.782. The van der Waals surface area contributed by atoms with Crippen LogP contribution in [0.25, 0.3) is 5.76 Å². The van der Waals surface area contributed by atoms with E-state index < -0.39 is 17.7 Å². The minimum Gasteiger partial charge on any atom is -0.507 e. The molecule has 31 heavy (non-hydrogen) atoms. The molecule has 0 saturated carbocycles. The van der Waals surface area contributed by atoms with E-state index in [2.05, 4.69) is 0 Å². The van der Waals surface area contributed by atoms with Gasteiger partial charge in [-0.05, 0) is 24.1 Å². The fourth-order valence-corrected chi connectivity index (χ4v) is 3.95. The summed E-state index contributed by atoms with van der Waals surface area (Å²) in [6.07, 6.45) is 0. The molecular formula is C23H24ClNO6. The predicted molar refractivity (Wildman–Crippen MR) is 117 cm³/mol. The number of ether oxygens (including phenoxy) is 3. The molecule has 1 unspecified atom stereocenters. The summed E-state index contributed by atoms with van der Waals surface area (Å²) in [6.45, 7) is 2.32. The molecule has 0 bridgehead atoms. The van der Waals surface area contributed by atoms with Gasteiger partial charge in [0.2, 0.25) is 0 Å². The van der Waals surface area contributed by atoms with Gasteiger partial charge in [0, 0.05) is 19.7 Å². The number of likely N-dealkylation sites (tertiary alicyclic amines) is 1. The van der Waals surface area contributed by atoms with E-state index in [4.69, 9.17) is 25.8 Å².